The average molecular weight is 309 g/mol. The van der Waals surface area contributed by atoms with Gasteiger partial charge in [0, 0.05) is 12.1 Å². The fourth-order valence-corrected chi connectivity index (χ4v) is 4.53. The summed E-state index contributed by atoms with van der Waals surface area (Å²) < 4.78 is 26.2. The molecule has 1 aromatic rings. The Bertz CT molecular complexity index is 600. The molecule has 9 heteroatoms. The maximum absolute atomic E-state index is 12.0. The SMILES string of the molecule is O=[N+]([O-])c1cc(S(=O)(=O)NC2CC=CC2)sc1Cl. The van der Waals surface area contributed by atoms with Crippen LogP contribution in [0.5, 0.6) is 0 Å². The number of halogens is 1. The van der Waals surface area contributed by atoms with E-state index in [4.69, 9.17) is 11.6 Å². The van der Waals surface area contributed by atoms with Gasteiger partial charge in [0.1, 0.15) is 4.21 Å². The third-order valence-corrected chi connectivity index (χ3v) is 5.77. The van der Waals surface area contributed by atoms with Crippen LogP contribution in [0.2, 0.25) is 4.34 Å². The second-order valence-electron chi connectivity index (χ2n) is 3.74. The molecule has 2 rings (SSSR count). The third kappa shape index (κ3) is 2.72. The summed E-state index contributed by atoms with van der Waals surface area (Å²) in [6, 6.07) is 0.799. The van der Waals surface area contributed by atoms with Crippen LogP contribution in [0, 0.1) is 10.1 Å². The van der Waals surface area contributed by atoms with Crippen LogP contribution in [0.4, 0.5) is 5.69 Å². The van der Waals surface area contributed by atoms with Crippen molar-refractivity contribution in [1.29, 1.82) is 0 Å². The van der Waals surface area contributed by atoms with Crippen LogP contribution in [0.3, 0.4) is 0 Å². The van der Waals surface area contributed by atoms with Gasteiger partial charge in [-0.05, 0) is 12.8 Å². The van der Waals surface area contributed by atoms with Gasteiger partial charge in [0.05, 0.1) is 4.92 Å². The van der Waals surface area contributed by atoms with E-state index in [1.165, 1.54) is 0 Å². The molecule has 0 aliphatic heterocycles. The van der Waals surface area contributed by atoms with E-state index in [1.54, 1.807) is 0 Å². The molecule has 1 heterocycles. The number of nitro groups is 1. The third-order valence-electron chi connectivity index (χ3n) is 2.44. The molecule has 1 aromatic heterocycles. The first kappa shape index (κ1) is 13.5. The first-order valence-electron chi connectivity index (χ1n) is 5.01. The molecular weight excluding hydrogens is 300 g/mol. The van der Waals surface area contributed by atoms with Crippen LogP contribution in [-0.2, 0) is 10.0 Å². The molecule has 0 amide bonds. The van der Waals surface area contributed by atoms with Crippen LogP contribution in [0.1, 0.15) is 12.8 Å². The first-order chi connectivity index (χ1) is 8.40. The summed E-state index contributed by atoms with van der Waals surface area (Å²) in [5, 5.41) is 10.6. The zero-order valence-electron chi connectivity index (χ0n) is 9.00. The van der Waals surface area contributed by atoms with E-state index in [-0.39, 0.29) is 20.3 Å². The van der Waals surface area contributed by atoms with E-state index in [2.05, 4.69) is 4.72 Å². The van der Waals surface area contributed by atoms with Crippen LogP contribution in [0.15, 0.2) is 22.4 Å². The molecule has 0 saturated heterocycles. The summed E-state index contributed by atoms with van der Waals surface area (Å²) in [5.41, 5.74) is -0.383. The van der Waals surface area contributed by atoms with Gasteiger partial charge < -0.3 is 0 Å². The Morgan fingerprint density at radius 1 is 1.44 bits per heavy atom. The van der Waals surface area contributed by atoms with Crippen molar-refractivity contribution in [2.24, 2.45) is 0 Å². The van der Waals surface area contributed by atoms with Gasteiger partial charge in [-0.2, -0.15) is 0 Å². The minimum absolute atomic E-state index is 0.133. The van der Waals surface area contributed by atoms with E-state index in [9.17, 15) is 18.5 Å². The highest BCUT2D eigenvalue weighted by Crippen LogP contribution is 2.36. The highest BCUT2D eigenvalue weighted by atomic mass is 35.5. The number of hydrogen-bond donors (Lipinski definition) is 1. The van der Waals surface area contributed by atoms with Gasteiger partial charge in [-0.25, -0.2) is 13.1 Å². The summed E-state index contributed by atoms with van der Waals surface area (Å²) in [4.78, 5) is 9.91. The van der Waals surface area contributed by atoms with Gasteiger partial charge in [0.2, 0.25) is 0 Å². The number of nitrogens with zero attached hydrogens (tertiary/aromatic N) is 1. The number of rotatable bonds is 4. The van der Waals surface area contributed by atoms with Gasteiger partial charge >= 0.3 is 0 Å². The molecule has 0 radical (unpaired) electrons. The van der Waals surface area contributed by atoms with E-state index < -0.39 is 14.9 Å². The average Bonchev–Trinajstić information content (AvgIpc) is 2.86. The highest BCUT2D eigenvalue weighted by molar-refractivity contribution is 7.91. The fourth-order valence-electron chi connectivity index (χ4n) is 1.59. The fraction of sp³-hybridized carbons (Fsp3) is 0.333. The highest BCUT2D eigenvalue weighted by Gasteiger charge is 2.27. The van der Waals surface area contributed by atoms with Gasteiger partial charge in [-0.15, -0.1) is 11.3 Å². The predicted molar refractivity (Wildman–Crippen MR) is 68.5 cm³/mol. The smallest absolute Gasteiger partial charge is 0.258 e. The van der Waals surface area contributed by atoms with Gasteiger partial charge in [-0.1, -0.05) is 23.8 Å². The summed E-state index contributed by atoms with van der Waals surface area (Å²) in [5.74, 6) is 0. The van der Waals surface area contributed by atoms with Crippen molar-refractivity contribution in [2.75, 3.05) is 0 Å². The van der Waals surface area contributed by atoms with Crippen molar-refractivity contribution < 1.29 is 13.3 Å². The summed E-state index contributed by atoms with van der Waals surface area (Å²) in [6.07, 6.45) is 5.02. The quantitative estimate of drug-likeness (QED) is 0.525. The number of nitrogens with one attached hydrogen (secondary N) is 1. The molecule has 6 nitrogen and oxygen atoms in total. The second-order valence-corrected chi connectivity index (χ2v) is 7.34. The van der Waals surface area contributed by atoms with Crippen LogP contribution < -0.4 is 4.72 Å². The van der Waals surface area contributed by atoms with Crippen molar-refractivity contribution in [3.8, 4) is 0 Å². The van der Waals surface area contributed by atoms with Gasteiger partial charge in [-0.3, -0.25) is 10.1 Å². The zero-order valence-corrected chi connectivity index (χ0v) is 11.4. The second kappa shape index (κ2) is 4.96. The minimum Gasteiger partial charge on any atom is -0.258 e. The Morgan fingerprint density at radius 2 is 2.06 bits per heavy atom. The Kier molecular flexibility index (Phi) is 3.71. The minimum atomic E-state index is -3.74. The summed E-state index contributed by atoms with van der Waals surface area (Å²) in [7, 11) is -3.74. The molecule has 0 aromatic carbocycles. The number of thiophene rings is 1. The van der Waals surface area contributed by atoms with E-state index in [0.717, 1.165) is 6.07 Å². The Hall–Kier alpha value is -0.960. The van der Waals surface area contributed by atoms with Crippen molar-refractivity contribution in [3.63, 3.8) is 0 Å². The molecule has 0 spiro atoms. The lowest BCUT2D eigenvalue weighted by molar-refractivity contribution is -0.384. The Balaban J connectivity index is 2.24. The molecule has 1 N–H and O–H groups in total. The molecule has 18 heavy (non-hydrogen) atoms. The van der Waals surface area contributed by atoms with E-state index in [1.807, 2.05) is 12.2 Å². The molecule has 0 saturated carbocycles. The monoisotopic (exact) mass is 308 g/mol. The van der Waals surface area contributed by atoms with Crippen molar-refractivity contribution >= 4 is 38.6 Å². The summed E-state index contributed by atoms with van der Waals surface area (Å²) in [6.45, 7) is 0. The first-order valence-corrected chi connectivity index (χ1v) is 7.69. The molecule has 1 aliphatic carbocycles. The lowest BCUT2D eigenvalue weighted by atomic mass is 10.3. The van der Waals surface area contributed by atoms with Crippen LogP contribution in [-0.4, -0.2) is 19.4 Å². The Labute approximate surface area is 112 Å². The lowest BCUT2D eigenvalue weighted by Gasteiger charge is -2.10. The topological polar surface area (TPSA) is 89.3 Å². The van der Waals surface area contributed by atoms with Crippen LogP contribution in [0.25, 0.3) is 0 Å². The molecule has 0 bridgehead atoms. The van der Waals surface area contributed by atoms with Gasteiger partial charge in [0.25, 0.3) is 15.7 Å². The predicted octanol–water partition coefficient (Wildman–Crippen LogP) is 2.31. The van der Waals surface area contributed by atoms with E-state index >= 15 is 0 Å². The maximum atomic E-state index is 12.0. The van der Waals surface area contributed by atoms with E-state index in [0.29, 0.717) is 24.2 Å². The maximum Gasteiger partial charge on any atom is 0.300 e. The Morgan fingerprint density at radius 3 is 2.56 bits per heavy atom. The van der Waals surface area contributed by atoms with Crippen molar-refractivity contribution in [3.05, 3.63) is 32.7 Å². The molecule has 0 fully saturated rings. The standard InChI is InChI=1S/C9H9ClN2O4S2/c10-9-7(12(13)14)5-8(17-9)18(15,16)11-6-3-1-2-4-6/h1-2,5-6,11H,3-4H2. The van der Waals surface area contributed by atoms with Crippen molar-refractivity contribution in [1.82, 2.24) is 4.72 Å². The molecule has 98 valence electrons. The summed E-state index contributed by atoms with van der Waals surface area (Å²) >= 11 is 6.32. The molecule has 0 atom stereocenters. The van der Waals surface area contributed by atoms with Crippen LogP contribution >= 0.6 is 22.9 Å². The number of hydrogen-bond acceptors (Lipinski definition) is 5. The van der Waals surface area contributed by atoms with Crippen molar-refractivity contribution in [2.45, 2.75) is 23.1 Å². The number of sulfonamides is 1. The normalized spacial score (nSPS) is 16.3. The largest absolute Gasteiger partial charge is 0.300 e. The lowest BCUT2D eigenvalue weighted by Crippen LogP contribution is -2.32. The zero-order chi connectivity index (χ0) is 13.3. The molecule has 0 unspecified atom stereocenters. The molecular formula is C9H9ClN2O4S2. The van der Waals surface area contributed by atoms with Gasteiger partial charge in [0.15, 0.2) is 4.34 Å². The molecule has 1 aliphatic rings.